The molecule has 0 saturated carbocycles. The van der Waals surface area contributed by atoms with Crippen LogP contribution in [0, 0.1) is 6.92 Å². The van der Waals surface area contributed by atoms with E-state index in [1.165, 1.54) is 0 Å². The fraction of sp³-hybridized carbons (Fsp3) is 0.300. The zero-order chi connectivity index (χ0) is 19.7. The summed E-state index contributed by atoms with van der Waals surface area (Å²) in [5, 5.41) is 12.8. The molecule has 0 aliphatic carbocycles. The smallest absolute Gasteiger partial charge is 0.239 e. The van der Waals surface area contributed by atoms with Crippen LogP contribution in [-0.4, -0.2) is 40.7 Å². The molecule has 2 N–H and O–H groups in total. The standard InChI is InChI=1S/C20H23N7O/c1-13(2)27-12-23-17-18(22-9-8-15-4-6-16(28)7-5-15)24-20(25-19(17)27)26-11-10-21-14(26)3/h4-7,10-13,28H,8-9H2,1-3H3,(H,22,24,25). The van der Waals surface area contributed by atoms with E-state index in [9.17, 15) is 5.11 Å². The van der Waals surface area contributed by atoms with E-state index < -0.39 is 0 Å². The van der Waals surface area contributed by atoms with E-state index in [2.05, 4.69) is 29.1 Å². The van der Waals surface area contributed by atoms with Gasteiger partial charge in [-0.15, -0.1) is 0 Å². The predicted octanol–water partition coefficient (Wildman–Crippen LogP) is 3.26. The van der Waals surface area contributed by atoms with Crippen LogP contribution >= 0.6 is 0 Å². The summed E-state index contributed by atoms with van der Waals surface area (Å²) in [7, 11) is 0. The molecule has 4 rings (SSSR count). The van der Waals surface area contributed by atoms with E-state index in [0.717, 1.165) is 29.0 Å². The molecule has 0 radical (unpaired) electrons. The van der Waals surface area contributed by atoms with E-state index in [1.54, 1.807) is 24.7 Å². The normalized spacial score (nSPS) is 11.4. The summed E-state index contributed by atoms with van der Waals surface area (Å²) >= 11 is 0. The van der Waals surface area contributed by atoms with Crippen LogP contribution in [0.2, 0.25) is 0 Å². The minimum atomic E-state index is 0.237. The fourth-order valence-corrected chi connectivity index (χ4v) is 3.09. The van der Waals surface area contributed by atoms with Gasteiger partial charge < -0.3 is 15.0 Å². The van der Waals surface area contributed by atoms with Gasteiger partial charge in [-0.05, 0) is 44.9 Å². The molecule has 3 heterocycles. The third kappa shape index (κ3) is 3.40. The van der Waals surface area contributed by atoms with Crippen LogP contribution in [0.5, 0.6) is 5.75 Å². The van der Waals surface area contributed by atoms with E-state index in [-0.39, 0.29) is 11.8 Å². The van der Waals surface area contributed by atoms with Crippen molar-refractivity contribution < 1.29 is 5.11 Å². The summed E-state index contributed by atoms with van der Waals surface area (Å²) < 4.78 is 3.90. The molecule has 0 aliphatic heterocycles. The SMILES string of the molecule is Cc1nccn1-c1nc(NCCc2ccc(O)cc2)c2ncn(C(C)C)c2n1. The van der Waals surface area contributed by atoms with Gasteiger partial charge in [-0.3, -0.25) is 4.57 Å². The topological polar surface area (TPSA) is 93.7 Å². The fourth-order valence-electron chi connectivity index (χ4n) is 3.09. The van der Waals surface area contributed by atoms with Crippen molar-refractivity contribution in [3.63, 3.8) is 0 Å². The summed E-state index contributed by atoms with van der Waals surface area (Å²) in [6, 6.07) is 7.47. The van der Waals surface area contributed by atoms with Gasteiger partial charge >= 0.3 is 0 Å². The summed E-state index contributed by atoms with van der Waals surface area (Å²) in [6.07, 6.45) is 6.20. The molecular weight excluding hydrogens is 354 g/mol. The van der Waals surface area contributed by atoms with Gasteiger partial charge in [-0.1, -0.05) is 12.1 Å². The lowest BCUT2D eigenvalue weighted by Crippen LogP contribution is -2.11. The van der Waals surface area contributed by atoms with Gasteiger partial charge in [-0.25, -0.2) is 9.97 Å². The minimum absolute atomic E-state index is 0.237. The van der Waals surface area contributed by atoms with Gasteiger partial charge in [0.1, 0.15) is 11.6 Å². The summed E-state index contributed by atoms with van der Waals surface area (Å²) in [6.45, 7) is 6.81. The van der Waals surface area contributed by atoms with E-state index >= 15 is 0 Å². The average molecular weight is 377 g/mol. The van der Waals surface area contributed by atoms with Gasteiger partial charge in [-0.2, -0.15) is 9.97 Å². The first-order valence-corrected chi connectivity index (χ1v) is 9.29. The van der Waals surface area contributed by atoms with Crippen LogP contribution in [0.3, 0.4) is 0 Å². The number of benzene rings is 1. The molecule has 0 saturated heterocycles. The van der Waals surface area contributed by atoms with Gasteiger partial charge in [0.2, 0.25) is 5.95 Å². The first-order valence-electron chi connectivity index (χ1n) is 9.29. The zero-order valence-corrected chi connectivity index (χ0v) is 16.2. The highest BCUT2D eigenvalue weighted by molar-refractivity contribution is 5.83. The average Bonchev–Trinajstić information content (AvgIpc) is 3.29. The van der Waals surface area contributed by atoms with E-state index in [0.29, 0.717) is 18.3 Å². The van der Waals surface area contributed by atoms with Crippen LogP contribution in [0.4, 0.5) is 5.82 Å². The van der Waals surface area contributed by atoms with Crippen LogP contribution in [0.25, 0.3) is 17.1 Å². The number of aryl methyl sites for hydroxylation is 1. The third-order valence-electron chi connectivity index (χ3n) is 4.65. The monoisotopic (exact) mass is 377 g/mol. The number of phenolic OH excluding ortho intramolecular Hbond substituents is 1. The number of anilines is 1. The molecule has 0 aliphatic rings. The molecule has 8 nitrogen and oxygen atoms in total. The molecule has 3 aromatic heterocycles. The van der Waals surface area contributed by atoms with Crippen molar-refractivity contribution in [2.24, 2.45) is 0 Å². The molecule has 4 aromatic rings. The molecule has 0 atom stereocenters. The van der Waals surface area contributed by atoms with Crippen LogP contribution in [0.1, 0.15) is 31.3 Å². The number of nitrogens with one attached hydrogen (secondary N) is 1. The second-order valence-electron chi connectivity index (χ2n) is 6.98. The van der Waals surface area contributed by atoms with Crippen molar-refractivity contribution in [3.8, 4) is 11.7 Å². The van der Waals surface area contributed by atoms with E-state index in [4.69, 9.17) is 9.97 Å². The molecule has 0 spiro atoms. The van der Waals surface area contributed by atoms with Crippen molar-refractivity contribution in [2.45, 2.75) is 33.2 Å². The first-order chi connectivity index (χ1) is 13.5. The number of rotatable bonds is 6. The molecule has 0 unspecified atom stereocenters. The Morgan fingerprint density at radius 2 is 1.89 bits per heavy atom. The maximum absolute atomic E-state index is 9.42. The van der Waals surface area contributed by atoms with Gasteiger partial charge in [0.15, 0.2) is 17.0 Å². The zero-order valence-electron chi connectivity index (χ0n) is 16.2. The summed E-state index contributed by atoms with van der Waals surface area (Å²) in [4.78, 5) is 18.3. The number of hydrogen-bond donors (Lipinski definition) is 2. The molecule has 8 heteroatoms. The highest BCUT2D eigenvalue weighted by atomic mass is 16.3. The van der Waals surface area contributed by atoms with Crippen molar-refractivity contribution in [2.75, 3.05) is 11.9 Å². The van der Waals surface area contributed by atoms with Gasteiger partial charge in [0.05, 0.1) is 6.33 Å². The molecule has 0 amide bonds. The van der Waals surface area contributed by atoms with Gasteiger partial charge in [0.25, 0.3) is 0 Å². The summed E-state index contributed by atoms with van der Waals surface area (Å²) in [5.74, 6) is 2.36. The van der Waals surface area contributed by atoms with Gasteiger partial charge in [0, 0.05) is 25.0 Å². The van der Waals surface area contributed by atoms with Crippen molar-refractivity contribution in [3.05, 3.63) is 54.4 Å². The Hall–Kier alpha value is -3.42. The Labute approximate surface area is 162 Å². The number of imidazole rings is 2. The Balaban J connectivity index is 1.67. The molecule has 144 valence electrons. The lowest BCUT2D eigenvalue weighted by Gasteiger charge is -2.12. The number of phenols is 1. The van der Waals surface area contributed by atoms with Crippen molar-refractivity contribution in [1.82, 2.24) is 29.1 Å². The number of aromatic hydroxyl groups is 1. The summed E-state index contributed by atoms with van der Waals surface area (Å²) in [5.41, 5.74) is 2.68. The Morgan fingerprint density at radius 3 is 2.57 bits per heavy atom. The van der Waals surface area contributed by atoms with E-state index in [1.807, 2.05) is 34.4 Å². The second-order valence-corrected chi connectivity index (χ2v) is 6.98. The Bertz CT molecular complexity index is 1100. The highest BCUT2D eigenvalue weighted by Gasteiger charge is 2.16. The maximum Gasteiger partial charge on any atom is 0.239 e. The first kappa shape index (κ1) is 18.0. The van der Waals surface area contributed by atoms with Crippen LogP contribution in [0.15, 0.2) is 43.0 Å². The quantitative estimate of drug-likeness (QED) is 0.536. The van der Waals surface area contributed by atoms with Crippen molar-refractivity contribution in [1.29, 1.82) is 0 Å². The molecule has 0 fully saturated rings. The molecular formula is C20H23N7O. The number of hydrogen-bond acceptors (Lipinski definition) is 6. The lowest BCUT2D eigenvalue weighted by molar-refractivity contribution is 0.475. The molecule has 1 aromatic carbocycles. The Morgan fingerprint density at radius 1 is 1.11 bits per heavy atom. The van der Waals surface area contributed by atoms with Crippen LogP contribution in [-0.2, 0) is 6.42 Å². The Kier molecular flexibility index (Phi) is 4.68. The maximum atomic E-state index is 9.42. The highest BCUT2D eigenvalue weighted by Crippen LogP contribution is 2.23. The third-order valence-corrected chi connectivity index (χ3v) is 4.65. The van der Waals surface area contributed by atoms with Crippen molar-refractivity contribution >= 4 is 17.0 Å². The lowest BCUT2D eigenvalue weighted by atomic mass is 10.1. The number of aromatic nitrogens is 6. The minimum Gasteiger partial charge on any atom is -0.508 e. The second kappa shape index (κ2) is 7.30. The predicted molar refractivity (Wildman–Crippen MR) is 108 cm³/mol. The number of nitrogens with zero attached hydrogens (tertiary/aromatic N) is 6. The molecule has 28 heavy (non-hydrogen) atoms. The number of fused-ring (bicyclic) bond motifs is 1. The molecule has 0 bridgehead atoms. The van der Waals surface area contributed by atoms with Crippen LogP contribution < -0.4 is 5.32 Å². The largest absolute Gasteiger partial charge is 0.508 e.